The third-order valence-corrected chi connectivity index (χ3v) is 2.61. The number of carbonyl (C=O) groups excluding carboxylic acids is 2. The first-order valence-electron chi connectivity index (χ1n) is 6.29. The van der Waals surface area contributed by atoms with Crippen LogP contribution in [0.5, 0.6) is 5.75 Å². The molecule has 114 valence electrons. The first-order valence-corrected chi connectivity index (χ1v) is 6.29. The van der Waals surface area contributed by atoms with E-state index in [0.717, 1.165) is 0 Å². The molecule has 0 aliphatic rings. The summed E-state index contributed by atoms with van der Waals surface area (Å²) < 4.78 is 9.62. The van der Waals surface area contributed by atoms with Crippen LogP contribution < -0.4 is 10.1 Å². The molecule has 1 atom stereocenters. The molecule has 1 aromatic carbocycles. The summed E-state index contributed by atoms with van der Waals surface area (Å²) in [5, 5.41) is 11.3. The summed E-state index contributed by atoms with van der Waals surface area (Å²) in [4.78, 5) is 33.6. The Morgan fingerprint density at radius 2 is 1.90 bits per heavy atom. The Morgan fingerprint density at radius 1 is 1.24 bits per heavy atom. The van der Waals surface area contributed by atoms with Crippen LogP contribution in [0.15, 0.2) is 30.3 Å². The van der Waals surface area contributed by atoms with Crippen molar-refractivity contribution in [2.45, 2.75) is 18.9 Å². The van der Waals surface area contributed by atoms with E-state index in [4.69, 9.17) is 9.84 Å². The number of carbonyl (C=O) groups is 3. The highest BCUT2D eigenvalue weighted by Gasteiger charge is 2.21. The van der Waals surface area contributed by atoms with E-state index < -0.39 is 23.9 Å². The van der Waals surface area contributed by atoms with Crippen LogP contribution in [-0.2, 0) is 19.1 Å². The Morgan fingerprint density at radius 3 is 2.48 bits per heavy atom. The molecule has 0 saturated carbocycles. The molecule has 1 aromatic rings. The van der Waals surface area contributed by atoms with Gasteiger partial charge in [0.2, 0.25) is 0 Å². The molecule has 0 aromatic heterocycles. The third kappa shape index (κ3) is 6.42. The number of hydrogen-bond donors (Lipinski definition) is 2. The molecule has 1 rings (SSSR count). The van der Waals surface area contributed by atoms with Crippen LogP contribution >= 0.6 is 0 Å². The summed E-state index contributed by atoms with van der Waals surface area (Å²) in [7, 11) is 1.21. The molecule has 7 nitrogen and oxygen atoms in total. The molecule has 1 amide bonds. The second-order valence-electron chi connectivity index (χ2n) is 4.17. The number of aliphatic carboxylic acids is 1. The van der Waals surface area contributed by atoms with Crippen LogP contribution in [-0.4, -0.2) is 42.7 Å². The van der Waals surface area contributed by atoms with Crippen molar-refractivity contribution in [2.75, 3.05) is 13.7 Å². The second-order valence-corrected chi connectivity index (χ2v) is 4.17. The Kier molecular flexibility index (Phi) is 6.73. The lowest BCUT2D eigenvalue weighted by atomic mass is 10.1. The first kappa shape index (κ1) is 16.5. The highest BCUT2D eigenvalue weighted by atomic mass is 16.5. The molecular weight excluding hydrogens is 278 g/mol. The number of amides is 1. The minimum absolute atomic E-state index is 0.0426. The molecule has 0 saturated heterocycles. The van der Waals surface area contributed by atoms with Crippen molar-refractivity contribution in [3.8, 4) is 5.75 Å². The summed E-state index contributed by atoms with van der Waals surface area (Å²) >= 11 is 0. The molecular formula is C14H17NO6. The largest absolute Gasteiger partial charge is 0.484 e. The van der Waals surface area contributed by atoms with E-state index in [2.05, 4.69) is 10.1 Å². The van der Waals surface area contributed by atoms with E-state index in [0.29, 0.717) is 5.75 Å². The van der Waals surface area contributed by atoms with E-state index in [9.17, 15) is 14.4 Å². The molecule has 2 N–H and O–H groups in total. The van der Waals surface area contributed by atoms with E-state index in [1.54, 1.807) is 30.3 Å². The summed E-state index contributed by atoms with van der Waals surface area (Å²) in [6.07, 6.45) is -0.133. The maximum Gasteiger partial charge on any atom is 0.326 e. The van der Waals surface area contributed by atoms with E-state index >= 15 is 0 Å². The maximum absolute atomic E-state index is 11.6. The van der Waals surface area contributed by atoms with Crippen LogP contribution in [0.3, 0.4) is 0 Å². The van der Waals surface area contributed by atoms with Crippen LogP contribution in [0.2, 0.25) is 0 Å². The van der Waals surface area contributed by atoms with Crippen LogP contribution in [0.4, 0.5) is 0 Å². The lowest BCUT2D eigenvalue weighted by Crippen LogP contribution is -2.43. The quantitative estimate of drug-likeness (QED) is 0.680. The van der Waals surface area contributed by atoms with Gasteiger partial charge < -0.3 is 19.9 Å². The van der Waals surface area contributed by atoms with Crippen molar-refractivity contribution in [3.63, 3.8) is 0 Å². The lowest BCUT2D eigenvalue weighted by Gasteiger charge is -2.14. The van der Waals surface area contributed by atoms with E-state index in [1.165, 1.54) is 7.11 Å². The van der Waals surface area contributed by atoms with Gasteiger partial charge in [-0.3, -0.25) is 9.59 Å². The normalized spacial score (nSPS) is 11.3. The van der Waals surface area contributed by atoms with Crippen molar-refractivity contribution >= 4 is 17.8 Å². The zero-order valence-electron chi connectivity index (χ0n) is 11.6. The van der Waals surface area contributed by atoms with Gasteiger partial charge in [-0.2, -0.15) is 0 Å². The first-order chi connectivity index (χ1) is 10.0. The van der Waals surface area contributed by atoms with E-state index in [-0.39, 0.29) is 19.4 Å². The standard InChI is InChI=1S/C14H17NO6/c1-20-13(17)8-7-11(14(18)19)15-12(16)9-21-10-5-3-2-4-6-10/h2-6,11H,7-9H2,1H3,(H,15,16)(H,18,19)/t11-/m0/s1. The molecule has 0 aliphatic carbocycles. The molecule has 0 bridgehead atoms. The number of carboxylic acid groups (broad SMARTS) is 1. The number of benzene rings is 1. The van der Waals surface area contributed by atoms with Crippen molar-refractivity contribution in [3.05, 3.63) is 30.3 Å². The lowest BCUT2D eigenvalue weighted by molar-refractivity contribution is -0.144. The number of para-hydroxylation sites is 1. The van der Waals surface area contributed by atoms with Gasteiger partial charge in [-0.1, -0.05) is 18.2 Å². The number of ether oxygens (including phenoxy) is 2. The number of esters is 1. The minimum atomic E-state index is -1.22. The summed E-state index contributed by atoms with van der Waals surface area (Å²) in [5.74, 6) is -1.81. The van der Waals surface area contributed by atoms with Gasteiger partial charge in [-0.15, -0.1) is 0 Å². The molecule has 0 aliphatic heterocycles. The molecule has 7 heteroatoms. The van der Waals surface area contributed by atoms with Crippen LogP contribution in [0, 0.1) is 0 Å². The van der Waals surface area contributed by atoms with Crippen molar-refractivity contribution < 1.29 is 29.0 Å². The maximum atomic E-state index is 11.6. The third-order valence-electron chi connectivity index (χ3n) is 2.61. The molecule has 0 spiro atoms. The van der Waals surface area contributed by atoms with Crippen molar-refractivity contribution in [1.82, 2.24) is 5.32 Å². The second kappa shape index (κ2) is 8.57. The highest BCUT2D eigenvalue weighted by molar-refractivity contribution is 5.84. The number of hydrogen-bond acceptors (Lipinski definition) is 5. The topological polar surface area (TPSA) is 102 Å². The van der Waals surface area contributed by atoms with Gasteiger partial charge in [0.05, 0.1) is 7.11 Å². The minimum Gasteiger partial charge on any atom is -0.484 e. The number of nitrogens with one attached hydrogen (secondary N) is 1. The van der Waals surface area contributed by atoms with Gasteiger partial charge in [-0.05, 0) is 18.6 Å². The summed E-state index contributed by atoms with van der Waals surface area (Å²) in [6.45, 7) is -0.300. The highest BCUT2D eigenvalue weighted by Crippen LogP contribution is 2.07. The zero-order chi connectivity index (χ0) is 15.7. The Hall–Kier alpha value is -2.57. The summed E-state index contributed by atoms with van der Waals surface area (Å²) in [5.41, 5.74) is 0. The van der Waals surface area contributed by atoms with Crippen molar-refractivity contribution in [1.29, 1.82) is 0 Å². The SMILES string of the molecule is COC(=O)CC[C@H](NC(=O)COc1ccccc1)C(=O)O. The monoisotopic (exact) mass is 295 g/mol. The molecule has 0 fully saturated rings. The van der Waals surface area contributed by atoms with Gasteiger partial charge in [0, 0.05) is 6.42 Å². The predicted octanol–water partition coefficient (Wildman–Crippen LogP) is 0.588. The van der Waals surface area contributed by atoms with Crippen LogP contribution in [0.25, 0.3) is 0 Å². The Bertz CT molecular complexity index is 487. The number of methoxy groups -OCH3 is 1. The number of rotatable bonds is 8. The molecule has 21 heavy (non-hydrogen) atoms. The van der Waals surface area contributed by atoms with Gasteiger partial charge in [-0.25, -0.2) is 4.79 Å². The molecule has 0 heterocycles. The smallest absolute Gasteiger partial charge is 0.326 e. The van der Waals surface area contributed by atoms with Gasteiger partial charge >= 0.3 is 11.9 Å². The van der Waals surface area contributed by atoms with Gasteiger partial charge in [0.1, 0.15) is 11.8 Å². The van der Waals surface area contributed by atoms with Gasteiger partial charge in [0.25, 0.3) is 5.91 Å². The Balaban J connectivity index is 2.41. The molecule has 0 radical (unpaired) electrons. The number of carboxylic acids is 1. The Labute approximate surface area is 121 Å². The van der Waals surface area contributed by atoms with Gasteiger partial charge in [0.15, 0.2) is 6.61 Å². The predicted molar refractivity (Wildman–Crippen MR) is 72.8 cm³/mol. The van der Waals surface area contributed by atoms with Crippen LogP contribution in [0.1, 0.15) is 12.8 Å². The average molecular weight is 295 g/mol. The fraction of sp³-hybridized carbons (Fsp3) is 0.357. The average Bonchev–Trinajstić information content (AvgIpc) is 2.49. The van der Waals surface area contributed by atoms with E-state index in [1.807, 2.05) is 0 Å². The fourth-order valence-electron chi connectivity index (χ4n) is 1.52. The zero-order valence-corrected chi connectivity index (χ0v) is 11.6. The van der Waals surface area contributed by atoms with Crippen molar-refractivity contribution in [2.24, 2.45) is 0 Å². The molecule has 0 unspecified atom stereocenters. The fourth-order valence-corrected chi connectivity index (χ4v) is 1.52. The summed E-state index contributed by atoms with van der Waals surface area (Å²) in [6, 6.07) is 7.52.